The number of thiazole rings is 1. The van der Waals surface area contributed by atoms with Gasteiger partial charge in [-0.05, 0) is 44.5 Å². The van der Waals surface area contributed by atoms with Crippen molar-refractivity contribution in [2.75, 3.05) is 11.9 Å². The lowest BCUT2D eigenvalue weighted by Crippen LogP contribution is -2.36. The molecule has 1 fully saturated rings. The quantitative estimate of drug-likeness (QED) is 0.663. The van der Waals surface area contributed by atoms with Gasteiger partial charge in [0.15, 0.2) is 5.13 Å². The van der Waals surface area contributed by atoms with E-state index in [0.717, 1.165) is 36.4 Å². The first-order valence-electron chi connectivity index (χ1n) is 9.03. The van der Waals surface area contributed by atoms with Crippen molar-refractivity contribution in [2.24, 2.45) is 0 Å². The Morgan fingerprint density at radius 1 is 1.36 bits per heavy atom. The predicted molar refractivity (Wildman–Crippen MR) is 106 cm³/mol. The van der Waals surface area contributed by atoms with Crippen LogP contribution >= 0.6 is 22.9 Å². The zero-order valence-corrected chi connectivity index (χ0v) is 17.1. The van der Waals surface area contributed by atoms with Crippen molar-refractivity contribution in [3.8, 4) is 11.3 Å². The first-order chi connectivity index (χ1) is 13.1. The van der Waals surface area contributed by atoms with Crippen LogP contribution in [0.25, 0.3) is 11.3 Å². The molecule has 9 heteroatoms. The Kier molecular flexibility index (Phi) is 6.31. The Bertz CT molecular complexity index is 869. The van der Waals surface area contributed by atoms with Crippen molar-refractivity contribution < 1.29 is 18.0 Å². The van der Waals surface area contributed by atoms with Gasteiger partial charge in [0, 0.05) is 35.0 Å². The number of nitrogens with zero attached hydrogens (tertiary/aromatic N) is 2. The molecule has 1 N–H and O–H groups in total. The minimum absolute atomic E-state index is 0.00353. The van der Waals surface area contributed by atoms with E-state index in [1.54, 1.807) is 0 Å². The number of amides is 1. The van der Waals surface area contributed by atoms with Crippen LogP contribution in [-0.4, -0.2) is 28.4 Å². The van der Waals surface area contributed by atoms with Gasteiger partial charge < -0.3 is 5.32 Å². The Morgan fingerprint density at radius 2 is 2.11 bits per heavy atom. The zero-order chi connectivity index (χ0) is 20.5. The Labute approximate surface area is 170 Å². The van der Waals surface area contributed by atoms with Gasteiger partial charge in [0.05, 0.1) is 11.3 Å². The number of nitrogens with one attached hydrogen (secondary N) is 1. The van der Waals surface area contributed by atoms with Crippen molar-refractivity contribution in [1.82, 2.24) is 9.88 Å². The number of anilines is 1. The summed E-state index contributed by atoms with van der Waals surface area (Å²) in [6.45, 7) is 5.02. The largest absolute Gasteiger partial charge is 0.416 e. The molecule has 152 valence electrons. The molecule has 0 saturated carbocycles. The summed E-state index contributed by atoms with van der Waals surface area (Å²) in [4.78, 5) is 18.9. The number of aromatic nitrogens is 1. The molecule has 3 rings (SSSR count). The molecule has 0 spiro atoms. The summed E-state index contributed by atoms with van der Waals surface area (Å²) >= 11 is 7.25. The van der Waals surface area contributed by atoms with Crippen molar-refractivity contribution in [2.45, 2.75) is 51.9 Å². The average Bonchev–Trinajstić information content (AvgIpc) is 2.97. The number of halogens is 4. The van der Waals surface area contributed by atoms with Gasteiger partial charge in [-0.2, -0.15) is 13.2 Å². The normalized spacial score (nSPS) is 18.3. The van der Waals surface area contributed by atoms with E-state index in [9.17, 15) is 18.0 Å². The summed E-state index contributed by atoms with van der Waals surface area (Å²) < 4.78 is 39.7. The first kappa shape index (κ1) is 21.1. The highest BCUT2D eigenvalue weighted by atomic mass is 35.5. The third-order valence-electron chi connectivity index (χ3n) is 4.77. The number of benzene rings is 1. The smallest absolute Gasteiger partial charge is 0.302 e. The van der Waals surface area contributed by atoms with Gasteiger partial charge in [-0.1, -0.05) is 29.4 Å². The highest BCUT2D eigenvalue weighted by molar-refractivity contribution is 7.16. The Morgan fingerprint density at radius 3 is 2.75 bits per heavy atom. The summed E-state index contributed by atoms with van der Waals surface area (Å²) in [6.07, 6.45) is -1.15. The zero-order valence-electron chi connectivity index (χ0n) is 15.6. The van der Waals surface area contributed by atoms with Crippen LogP contribution in [0.4, 0.5) is 18.3 Å². The van der Waals surface area contributed by atoms with Crippen LogP contribution in [0.3, 0.4) is 0 Å². The molecule has 1 aromatic heterocycles. The lowest BCUT2D eigenvalue weighted by molar-refractivity contribution is -0.137. The minimum atomic E-state index is -4.50. The average molecular weight is 432 g/mol. The third-order valence-corrected chi connectivity index (χ3v) is 5.94. The van der Waals surface area contributed by atoms with E-state index >= 15 is 0 Å². The number of carbonyl (C=O) groups is 1. The lowest BCUT2D eigenvalue weighted by Gasteiger charge is -2.33. The molecule has 1 aliphatic rings. The summed E-state index contributed by atoms with van der Waals surface area (Å²) in [5, 5.41) is 3.01. The molecule has 0 radical (unpaired) electrons. The van der Waals surface area contributed by atoms with Crippen molar-refractivity contribution in [3.05, 3.63) is 33.7 Å². The Hall–Kier alpha value is -1.64. The van der Waals surface area contributed by atoms with Crippen LogP contribution in [0.15, 0.2) is 18.2 Å². The second-order valence-electron chi connectivity index (χ2n) is 7.01. The molecule has 1 atom stereocenters. The van der Waals surface area contributed by atoms with Crippen LogP contribution in [0.1, 0.15) is 43.6 Å². The van der Waals surface area contributed by atoms with Gasteiger partial charge in [0.25, 0.3) is 0 Å². The van der Waals surface area contributed by atoms with Crippen molar-refractivity contribution in [1.29, 1.82) is 0 Å². The summed E-state index contributed by atoms with van der Waals surface area (Å²) in [7, 11) is 0. The predicted octanol–water partition coefficient (Wildman–Crippen LogP) is 5.82. The Balaban J connectivity index is 2.02. The van der Waals surface area contributed by atoms with Crippen molar-refractivity contribution >= 4 is 34.0 Å². The van der Waals surface area contributed by atoms with E-state index < -0.39 is 11.7 Å². The van der Waals surface area contributed by atoms with E-state index in [-0.39, 0.29) is 10.9 Å². The summed E-state index contributed by atoms with van der Waals surface area (Å²) in [5.74, 6) is -0.278. The van der Waals surface area contributed by atoms with Gasteiger partial charge in [-0.3, -0.25) is 9.69 Å². The molecule has 1 amide bonds. The number of hydrogen-bond acceptors (Lipinski definition) is 4. The molecule has 28 heavy (non-hydrogen) atoms. The van der Waals surface area contributed by atoms with Gasteiger partial charge in [0.1, 0.15) is 0 Å². The molecular formula is C19H21ClF3N3OS. The lowest BCUT2D eigenvalue weighted by atomic mass is 10.0. The maximum absolute atomic E-state index is 13.2. The van der Waals surface area contributed by atoms with E-state index in [4.69, 9.17) is 11.6 Å². The second-order valence-corrected chi connectivity index (χ2v) is 8.53. The van der Waals surface area contributed by atoms with Crippen LogP contribution < -0.4 is 5.32 Å². The highest BCUT2D eigenvalue weighted by Crippen LogP contribution is 2.38. The van der Waals surface area contributed by atoms with Gasteiger partial charge in [-0.25, -0.2) is 4.98 Å². The maximum atomic E-state index is 13.2. The molecule has 1 aliphatic heterocycles. The molecule has 0 bridgehead atoms. The van der Waals surface area contributed by atoms with E-state index in [0.29, 0.717) is 29.0 Å². The number of alkyl halides is 3. The number of hydrogen-bond donors (Lipinski definition) is 1. The fraction of sp³-hybridized carbons (Fsp3) is 0.474. The monoisotopic (exact) mass is 431 g/mol. The van der Waals surface area contributed by atoms with E-state index in [2.05, 4.69) is 22.1 Å². The molecule has 2 heterocycles. The van der Waals surface area contributed by atoms with Crippen LogP contribution in [0.5, 0.6) is 0 Å². The molecule has 0 aliphatic carbocycles. The molecule has 4 nitrogen and oxygen atoms in total. The topological polar surface area (TPSA) is 45.2 Å². The second kappa shape index (κ2) is 8.39. The summed E-state index contributed by atoms with van der Waals surface area (Å²) in [6, 6.07) is 3.82. The first-order valence-corrected chi connectivity index (χ1v) is 10.2. The standard InChI is InChI=1S/C19H21ClF3N3OS/c1-11-5-3-4-6-26(11)10-16-17(25-18(28-16)24-12(2)27)13-7-14(19(21,22)23)9-15(20)8-13/h7-9,11H,3-6,10H2,1-2H3,(H,24,25,27)/t11-/m1/s1. The molecular weight excluding hydrogens is 411 g/mol. The molecule has 0 unspecified atom stereocenters. The molecule has 1 aromatic carbocycles. The van der Waals surface area contributed by atoms with Crippen LogP contribution in [0.2, 0.25) is 5.02 Å². The van der Waals surface area contributed by atoms with Crippen LogP contribution in [0, 0.1) is 0 Å². The SMILES string of the molecule is CC(=O)Nc1nc(-c2cc(Cl)cc(C(F)(F)F)c2)c(CN2CCCC[C@H]2C)s1. The minimum Gasteiger partial charge on any atom is -0.302 e. The fourth-order valence-electron chi connectivity index (χ4n) is 3.36. The molecule has 2 aromatic rings. The van der Waals surface area contributed by atoms with Gasteiger partial charge in [0.2, 0.25) is 5.91 Å². The maximum Gasteiger partial charge on any atom is 0.416 e. The number of piperidine rings is 1. The summed E-state index contributed by atoms with van der Waals surface area (Å²) in [5.41, 5.74) is -0.0896. The number of rotatable bonds is 4. The number of carbonyl (C=O) groups excluding carboxylic acids is 1. The fourth-order valence-corrected chi connectivity index (χ4v) is 4.65. The van der Waals surface area contributed by atoms with Crippen LogP contribution in [-0.2, 0) is 17.5 Å². The van der Waals surface area contributed by atoms with Crippen molar-refractivity contribution in [3.63, 3.8) is 0 Å². The number of likely N-dealkylation sites (tertiary alicyclic amines) is 1. The van der Waals surface area contributed by atoms with E-state index in [1.807, 2.05) is 0 Å². The van der Waals surface area contributed by atoms with Gasteiger partial charge >= 0.3 is 6.18 Å². The third kappa shape index (κ3) is 5.04. The van der Waals surface area contributed by atoms with E-state index in [1.165, 1.54) is 30.7 Å². The highest BCUT2D eigenvalue weighted by Gasteiger charge is 2.32. The van der Waals surface area contributed by atoms with Gasteiger partial charge in [-0.15, -0.1) is 0 Å². The molecule has 1 saturated heterocycles.